The van der Waals surface area contributed by atoms with Gasteiger partial charge in [0, 0.05) is 51.9 Å². The molecular formula is C81H128N4O8. The fourth-order valence-corrected chi connectivity index (χ4v) is 12.8. The van der Waals surface area contributed by atoms with Crippen molar-refractivity contribution in [1.82, 2.24) is 21.3 Å². The van der Waals surface area contributed by atoms with Crippen molar-refractivity contribution in [3.63, 3.8) is 0 Å². The number of aryl methyl sites for hydroxylation is 4. The van der Waals surface area contributed by atoms with Crippen LogP contribution in [0.4, 0.5) is 0 Å². The number of benzene rings is 4. The van der Waals surface area contributed by atoms with Gasteiger partial charge in [0.2, 0.25) is 23.6 Å². The third-order valence-electron chi connectivity index (χ3n) is 18.5. The van der Waals surface area contributed by atoms with E-state index in [9.17, 15) is 39.6 Å². The smallest absolute Gasteiger partial charge is 0.220 e. The van der Waals surface area contributed by atoms with Crippen molar-refractivity contribution < 1.29 is 39.6 Å². The zero-order chi connectivity index (χ0) is 70.7. The molecule has 12 nitrogen and oxygen atoms in total. The van der Waals surface area contributed by atoms with Crippen molar-refractivity contribution in [1.29, 1.82) is 0 Å². The summed E-state index contributed by atoms with van der Waals surface area (Å²) in [5, 5.41) is 58.4. The van der Waals surface area contributed by atoms with Gasteiger partial charge < -0.3 is 41.7 Å². The summed E-state index contributed by atoms with van der Waals surface area (Å²) in [7, 11) is 0. The molecule has 0 aromatic heterocycles. The first-order chi connectivity index (χ1) is 42.4. The SMILES string of the molecule is CC(C)(C)c1cc(CCC(=O)NCCCC(CCCNC(=O)CCc2cc(C(C)(C)C)c(O)c(C(C)(C)C)c2)(CCCNC(=O)CCc2cc(C(C)(C)C)c(O)c(C(C)(C)C)c2)CCCNC(=O)CCc2cc(C(C)(C)C)c(O)c(C(C)(C)C)c2)cc(C(C)(C)C)c1O. The first-order valence-corrected chi connectivity index (χ1v) is 35.0. The molecule has 0 heterocycles. The molecule has 0 spiro atoms. The number of phenols is 4. The van der Waals surface area contributed by atoms with E-state index >= 15 is 0 Å². The molecule has 0 aliphatic heterocycles. The van der Waals surface area contributed by atoms with E-state index in [0.29, 0.717) is 126 Å². The predicted octanol–water partition coefficient (Wildman–Crippen LogP) is 17.3. The predicted molar refractivity (Wildman–Crippen MR) is 387 cm³/mol. The van der Waals surface area contributed by atoms with Gasteiger partial charge in [-0.1, -0.05) is 215 Å². The van der Waals surface area contributed by atoms with Crippen LogP contribution in [-0.2, 0) is 88.2 Å². The number of hydrogen-bond donors (Lipinski definition) is 8. The molecule has 93 heavy (non-hydrogen) atoms. The second-order valence-corrected chi connectivity index (χ2v) is 35.5. The van der Waals surface area contributed by atoms with Gasteiger partial charge >= 0.3 is 0 Å². The van der Waals surface area contributed by atoms with Crippen molar-refractivity contribution in [2.24, 2.45) is 5.41 Å². The number of nitrogens with one attached hydrogen (secondary N) is 4. The third-order valence-corrected chi connectivity index (χ3v) is 18.5. The Bertz CT molecular complexity index is 2620. The highest BCUT2D eigenvalue weighted by molar-refractivity contribution is 5.77. The van der Waals surface area contributed by atoms with Crippen LogP contribution in [0.2, 0.25) is 0 Å². The van der Waals surface area contributed by atoms with Crippen LogP contribution >= 0.6 is 0 Å². The highest BCUT2D eigenvalue weighted by atomic mass is 16.3. The van der Waals surface area contributed by atoms with Crippen molar-refractivity contribution >= 4 is 23.6 Å². The lowest BCUT2D eigenvalue weighted by molar-refractivity contribution is -0.121. The van der Waals surface area contributed by atoms with Crippen molar-refractivity contribution in [3.8, 4) is 23.0 Å². The van der Waals surface area contributed by atoms with E-state index < -0.39 is 0 Å². The van der Waals surface area contributed by atoms with Crippen molar-refractivity contribution in [2.45, 2.75) is 312 Å². The van der Waals surface area contributed by atoms with Gasteiger partial charge in [-0.3, -0.25) is 19.2 Å². The van der Waals surface area contributed by atoms with E-state index in [4.69, 9.17) is 0 Å². The van der Waals surface area contributed by atoms with Gasteiger partial charge in [0.05, 0.1) is 0 Å². The van der Waals surface area contributed by atoms with Crippen LogP contribution in [0.25, 0.3) is 0 Å². The van der Waals surface area contributed by atoms with Crippen molar-refractivity contribution in [2.75, 3.05) is 26.2 Å². The monoisotopic (exact) mass is 1280 g/mol. The molecule has 0 radical (unpaired) electrons. The Morgan fingerprint density at radius 3 is 0.538 bits per heavy atom. The Balaban J connectivity index is 1.59. The number of carbonyl (C=O) groups excluding carboxylic acids is 4. The van der Waals surface area contributed by atoms with Crippen LogP contribution < -0.4 is 21.3 Å². The first-order valence-electron chi connectivity index (χ1n) is 35.0. The number of phenolic OH excluding ortho intramolecular Hbond substituents is 4. The minimum atomic E-state index is -0.287. The van der Waals surface area contributed by atoms with E-state index in [0.717, 1.165) is 92.4 Å². The Hall–Kier alpha value is -6.04. The summed E-state index contributed by atoms with van der Waals surface area (Å²) in [5.41, 5.74) is 8.47. The minimum absolute atomic E-state index is 0.0406. The lowest BCUT2D eigenvalue weighted by Crippen LogP contribution is -2.32. The molecule has 4 amide bonds. The highest BCUT2D eigenvalue weighted by Gasteiger charge is 2.33. The van der Waals surface area contributed by atoms with Gasteiger partial charge in [-0.15, -0.1) is 0 Å². The average molecular weight is 1290 g/mol. The van der Waals surface area contributed by atoms with E-state index in [1.165, 1.54) is 0 Å². The van der Waals surface area contributed by atoms with Gasteiger partial charge in [-0.05, 0) is 193 Å². The van der Waals surface area contributed by atoms with Crippen LogP contribution in [0.1, 0.15) is 310 Å². The summed E-state index contributed by atoms with van der Waals surface area (Å²) < 4.78 is 0. The number of rotatable bonds is 28. The molecule has 8 N–H and O–H groups in total. The molecule has 4 rings (SSSR count). The van der Waals surface area contributed by atoms with Gasteiger partial charge in [0.1, 0.15) is 23.0 Å². The van der Waals surface area contributed by atoms with Gasteiger partial charge in [-0.2, -0.15) is 0 Å². The molecule has 520 valence electrons. The zero-order valence-corrected chi connectivity index (χ0v) is 62.7. The van der Waals surface area contributed by atoms with Crippen LogP contribution in [0.3, 0.4) is 0 Å². The van der Waals surface area contributed by atoms with E-state index in [-0.39, 0.29) is 72.4 Å². The summed E-state index contributed by atoms with van der Waals surface area (Å²) in [6.07, 6.45) is 9.26. The van der Waals surface area contributed by atoms with E-state index in [1.54, 1.807) is 0 Å². The minimum Gasteiger partial charge on any atom is -0.507 e. The lowest BCUT2D eigenvalue weighted by Gasteiger charge is -2.35. The second kappa shape index (κ2) is 31.7. The fraction of sp³-hybridized carbons (Fsp3) is 0.654. The fourth-order valence-electron chi connectivity index (χ4n) is 12.8. The maximum atomic E-state index is 13.7. The van der Waals surface area contributed by atoms with Crippen LogP contribution in [0, 0.1) is 5.41 Å². The number of carbonyl (C=O) groups is 4. The van der Waals surface area contributed by atoms with E-state index in [2.05, 4.69) is 187 Å². The number of hydrogen-bond acceptors (Lipinski definition) is 8. The number of aromatic hydroxyl groups is 4. The summed E-state index contributed by atoms with van der Waals surface area (Å²) in [6, 6.07) is 16.3. The topological polar surface area (TPSA) is 197 Å². The zero-order valence-electron chi connectivity index (χ0n) is 62.7. The maximum absolute atomic E-state index is 13.7. The Kier molecular flexibility index (Phi) is 27.0. The Morgan fingerprint density at radius 2 is 0.409 bits per heavy atom. The summed E-state index contributed by atoms with van der Waals surface area (Å²) in [4.78, 5) is 54.9. The van der Waals surface area contributed by atoms with Crippen molar-refractivity contribution in [3.05, 3.63) is 115 Å². The van der Waals surface area contributed by atoms with Crippen LogP contribution in [-0.4, -0.2) is 70.2 Å². The molecule has 0 saturated carbocycles. The molecule has 4 aromatic rings. The van der Waals surface area contributed by atoms with Gasteiger partial charge in [0.25, 0.3) is 0 Å². The largest absolute Gasteiger partial charge is 0.507 e. The molecule has 4 aromatic carbocycles. The summed E-state index contributed by atoms with van der Waals surface area (Å²) >= 11 is 0. The highest BCUT2D eigenvalue weighted by Crippen LogP contribution is 2.45. The Morgan fingerprint density at radius 1 is 0.269 bits per heavy atom. The average Bonchev–Trinajstić information content (AvgIpc) is 0.841. The molecule has 0 unspecified atom stereocenters. The standard InChI is InChI=1S/C81H128N4O8/c1-73(2,3)57-45-53(46-58(69(57)90)74(4,5)6)29-33-65(86)82-41-25-37-81(38-26-42-83-66(87)34-30-54-47-59(75(7,8)9)70(91)60(48-54)76(10,11)12,39-27-43-84-67(88)35-31-55-49-61(77(13,14)15)71(92)62(50-55)78(16,17)18)40-28-44-85-68(89)36-32-56-51-63(79(19,20)21)72(93)64(52-56)80(22,23)24/h45-52,90-93H,25-44H2,1-24H3,(H,82,86)(H,83,87)(H,84,88)(H,85,89). The second-order valence-electron chi connectivity index (χ2n) is 35.5. The lowest BCUT2D eigenvalue weighted by atomic mass is 9.72. The normalized spacial score (nSPS) is 13.1. The van der Waals surface area contributed by atoms with Crippen LogP contribution in [0.15, 0.2) is 48.5 Å². The molecule has 0 atom stereocenters. The molecule has 12 heteroatoms. The van der Waals surface area contributed by atoms with Gasteiger partial charge in [0.15, 0.2) is 0 Å². The number of amides is 4. The van der Waals surface area contributed by atoms with E-state index in [1.807, 2.05) is 48.5 Å². The van der Waals surface area contributed by atoms with Crippen LogP contribution in [0.5, 0.6) is 23.0 Å². The summed E-state index contributed by atoms with van der Waals surface area (Å²) in [6.45, 7) is 52.1. The van der Waals surface area contributed by atoms with Gasteiger partial charge in [-0.25, -0.2) is 0 Å². The maximum Gasteiger partial charge on any atom is 0.220 e. The molecule has 0 aliphatic rings. The summed E-state index contributed by atoms with van der Waals surface area (Å²) in [5.74, 6) is 1.11. The Labute approximate surface area is 563 Å². The molecule has 0 fully saturated rings. The third kappa shape index (κ3) is 24.3. The molecule has 0 saturated heterocycles. The first kappa shape index (κ1) is 79.4. The molecular weight excluding hydrogens is 1160 g/mol. The molecule has 0 bridgehead atoms. The quantitative estimate of drug-likeness (QED) is 0.0257. The molecule has 0 aliphatic carbocycles.